The van der Waals surface area contributed by atoms with Crippen LogP contribution in [0.4, 0.5) is 0 Å². The van der Waals surface area contributed by atoms with Crippen molar-refractivity contribution < 1.29 is 4.79 Å². The quantitative estimate of drug-likeness (QED) is 0.762. The summed E-state index contributed by atoms with van der Waals surface area (Å²) in [6.45, 7) is 0.700. The Kier molecular flexibility index (Phi) is 2.30. The number of halogens is 2. The molecule has 0 fully saturated rings. The molecule has 0 aromatic heterocycles. The number of hydrogen-bond acceptors (Lipinski definition) is 1. The van der Waals surface area contributed by atoms with E-state index in [2.05, 4.69) is 21.2 Å². The monoisotopic (exact) mass is 259 g/mol. The van der Waals surface area contributed by atoms with Crippen LogP contribution in [0.3, 0.4) is 0 Å². The summed E-state index contributed by atoms with van der Waals surface area (Å²) in [4.78, 5) is 11.4. The lowest BCUT2D eigenvalue weighted by Crippen LogP contribution is -2.31. The molecule has 2 rings (SSSR count). The first-order valence-electron chi connectivity index (χ1n) is 3.94. The van der Waals surface area contributed by atoms with Crippen LogP contribution in [0.5, 0.6) is 0 Å². The summed E-state index contributed by atoms with van der Waals surface area (Å²) < 4.78 is 0.921. The number of benzene rings is 1. The van der Waals surface area contributed by atoms with Crippen LogP contribution in [0.1, 0.15) is 15.9 Å². The second-order valence-electron chi connectivity index (χ2n) is 2.92. The summed E-state index contributed by atoms with van der Waals surface area (Å²) in [6.07, 6.45) is 0.860. The van der Waals surface area contributed by atoms with Crippen LogP contribution in [0.15, 0.2) is 16.6 Å². The molecule has 1 amide bonds. The molecular weight excluding hydrogens is 253 g/mol. The van der Waals surface area contributed by atoms with Gasteiger partial charge < -0.3 is 5.32 Å². The standard InChI is InChI=1S/C9H7BrClNO/c10-8-4-5(11)3-7-6(8)1-2-12-9(7)13/h3-4H,1-2H2,(H,12,13). The molecule has 68 valence electrons. The van der Waals surface area contributed by atoms with Gasteiger partial charge >= 0.3 is 0 Å². The zero-order chi connectivity index (χ0) is 9.42. The van der Waals surface area contributed by atoms with Gasteiger partial charge in [0.05, 0.1) is 0 Å². The molecule has 1 heterocycles. The van der Waals surface area contributed by atoms with Crippen molar-refractivity contribution in [1.29, 1.82) is 0 Å². The normalized spacial score (nSPS) is 15.1. The fraction of sp³-hybridized carbons (Fsp3) is 0.222. The molecule has 1 aliphatic heterocycles. The molecule has 13 heavy (non-hydrogen) atoms. The highest BCUT2D eigenvalue weighted by molar-refractivity contribution is 9.10. The zero-order valence-electron chi connectivity index (χ0n) is 6.73. The maximum Gasteiger partial charge on any atom is 0.251 e. The van der Waals surface area contributed by atoms with Gasteiger partial charge in [-0.15, -0.1) is 0 Å². The molecule has 0 bridgehead atoms. The van der Waals surface area contributed by atoms with E-state index in [0.29, 0.717) is 17.1 Å². The van der Waals surface area contributed by atoms with Crippen molar-refractivity contribution in [3.05, 3.63) is 32.8 Å². The highest BCUT2D eigenvalue weighted by Gasteiger charge is 2.19. The van der Waals surface area contributed by atoms with Crippen molar-refractivity contribution in [2.24, 2.45) is 0 Å². The molecule has 0 saturated carbocycles. The Hall–Kier alpha value is -0.540. The lowest BCUT2D eigenvalue weighted by Gasteiger charge is -2.17. The van der Waals surface area contributed by atoms with Crippen LogP contribution >= 0.6 is 27.5 Å². The lowest BCUT2D eigenvalue weighted by molar-refractivity contribution is 0.0946. The Bertz CT molecular complexity index is 378. The molecular formula is C9H7BrClNO. The minimum Gasteiger partial charge on any atom is -0.352 e. The Labute approximate surface area is 89.4 Å². The lowest BCUT2D eigenvalue weighted by atomic mass is 10.0. The number of amides is 1. The van der Waals surface area contributed by atoms with Gasteiger partial charge in [-0.2, -0.15) is 0 Å². The molecule has 1 aromatic rings. The van der Waals surface area contributed by atoms with E-state index in [1.807, 2.05) is 6.07 Å². The maximum atomic E-state index is 11.4. The third-order valence-electron chi connectivity index (χ3n) is 2.07. The molecule has 0 unspecified atom stereocenters. The highest BCUT2D eigenvalue weighted by Crippen LogP contribution is 2.27. The number of fused-ring (bicyclic) bond motifs is 1. The first kappa shape index (κ1) is 9.03. The minimum absolute atomic E-state index is 0.0375. The van der Waals surface area contributed by atoms with Gasteiger partial charge in [0.1, 0.15) is 0 Å². The van der Waals surface area contributed by atoms with Gasteiger partial charge in [0, 0.05) is 21.6 Å². The van der Waals surface area contributed by atoms with Gasteiger partial charge in [0.15, 0.2) is 0 Å². The topological polar surface area (TPSA) is 29.1 Å². The zero-order valence-corrected chi connectivity index (χ0v) is 9.08. The van der Waals surface area contributed by atoms with E-state index in [0.717, 1.165) is 16.5 Å². The summed E-state index contributed by atoms with van der Waals surface area (Å²) in [5.74, 6) is -0.0375. The van der Waals surface area contributed by atoms with E-state index >= 15 is 0 Å². The van der Waals surface area contributed by atoms with E-state index in [9.17, 15) is 4.79 Å². The van der Waals surface area contributed by atoms with Crippen molar-refractivity contribution in [3.8, 4) is 0 Å². The van der Waals surface area contributed by atoms with Crippen molar-refractivity contribution in [2.45, 2.75) is 6.42 Å². The van der Waals surface area contributed by atoms with E-state index in [4.69, 9.17) is 11.6 Å². The van der Waals surface area contributed by atoms with Crippen LogP contribution in [-0.4, -0.2) is 12.5 Å². The Balaban J connectivity index is 2.63. The predicted octanol–water partition coefficient (Wildman–Crippen LogP) is 2.39. The van der Waals surface area contributed by atoms with E-state index in [1.54, 1.807) is 6.07 Å². The molecule has 1 N–H and O–H groups in total. The van der Waals surface area contributed by atoms with Crippen LogP contribution in [0, 0.1) is 0 Å². The second kappa shape index (κ2) is 3.31. The predicted molar refractivity (Wildman–Crippen MR) is 55.2 cm³/mol. The number of rotatable bonds is 0. The highest BCUT2D eigenvalue weighted by atomic mass is 79.9. The summed E-state index contributed by atoms with van der Waals surface area (Å²) in [5, 5.41) is 3.36. The van der Waals surface area contributed by atoms with Gasteiger partial charge in [-0.05, 0) is 24.1 Å². The summed E-state index contributed by atoms with van der Waals surface area (Å²) in [7, 11) is 0. The number of nitrogens with one attached hydrogen (secondary N) is 1. The number of hydrogen-bond donors (Lipinski definition) is 1. The fourth-order valence-corrected chi connectivity index (χ4v) is 2.46. The van der Waals surface area contributed by atoms with Crippen molar-refractivity contribution >= 4 is 33.4 Å². The van der Waals surface area contributed by atoms with Gasteiger partial charge in [0.25, 0.3) is 5.91 Å². The third-order valence-corrected chi connectivity index (χ3v) is 2.99. The average Bonchev–Trinajstić information content (AvgIpc) is 2.07. The van der Waals surface area contributed by atoms with Crippen molar-refractivity contribution in [1.82, 2.24) is 5.32 Å². The molecule has 0 radical (unpaired) electrons. The molecule has 4 heteroatoms. The maximum absolute atomic E-state index is 11.4. The summed E-state index contributed by atoms with van der Waals surface area (Å²) >= 11 is 9.23. The van der Waals surface area contributed by atoms with Crippen molar-refractivity contribution in [3.63, 3.8) is 0 Å². The van der Waals surface area contributed by atoms with Gasteiger partial charge in [0.2, 0.25) is 0 Å². The molecule has 0 aliphatic carbocycles. The van der Waals surface area contributed by atoms with Gasteiger partial charge in [-0.25, -0.2) is 0 Å². The van der Waals surface area contributed by atoms with Crippen LogP contribution < -0.4 is 5.32 Å². The van der Waals surface area contributed by atoms with E-state index in [-0.39, 0.29) is 5.91 Å². The molecule has 2 nitrogen and oxygen atoms in total. The molecule has 0 atom stereocenters. The van der Waals surface area contributed by atoms with Crippen LogP contribution in [0.2, 0.25) is 5.02 Å². The average molecular weight is 261 g/mol. The number of carbonyl (C=O) groups excluding carboxylic acids is 1. The fourth-order valence-electron chi connectivity index (χ4n) is 1.46. The second-order valence-corrected chi connectivity index (χ2v) is 4.21. The Morgan fingerprint density at radius 2 is 2.23 bits per heavy atom. The molecule has 0 saturated heterocycles. The van der Waals surface area contributed by atoms with E-state index in [1.165, 1.54) is 0 Å². The van der Waals surface area contributed by atoms with Crippen LogP contribution in [-0.2, 0) is 6.42 Å². The van der Waals surface area contributed by atoms with E-state index < -0.39 is 0 Å². The smallest absolute Gasteiger partial charge is 0.251 e. The van der Waals surface area contributed by atoms with Crippen LogP contribution in [0.25, 0.3) is 0 Å². The summed E-state index contributed by atoms with van der Waals surface area (Å²) in [5.41, 5.74) is 1.73. The Morgan fingerprint density at radius 3 is 3.00 bits per heavy atom. The van der Waals surface area contributed by atoms with Gasteiger partial charge in [-0.3, -0.25) is 4.79 Å². The number of carbonyl (C=O) groups is 1. The SMILES string of the molecule is O=C1NCCc2c(Br)cc(Cl)cc21. The van der Waals surface area contributed by atoms with Gasteiger partial charge in [-0.1, -0.05) is 27.5 Å². The molecule has 1 aromatic carbocycles. The first-order valence-corrected chi connectivity index (χ1v) is 5.11. The van der Waals surface area contributed by atoms with Crippen molar-refractivity contribution in [2.75, 3.05) is 6.54 Å². The minimum atomic E-state index is -0.0375. The Morgan fingerprint density at radius 1 is 1.46 bits per heavy atom. The third kappa shape index (κ3) is 1.58. The largest absolute Gasteiger partial charge is 0.352 e. The molecule has 1 aliphatic rings. The first-order chi connectivity index (χ1) is 6.18. The molecule has 0 spiro atoms. The summed E-state index contributed by atoms with van der Waals surface area (Å²) in [6, 6.07) is 3.52.